The van der Waals surface area contributed by atoms with Crippen molar-refractivity contribution < 1.29 is 9.53 Å². The summed E-state index contributed by atoms with van der Waals surface area (Å²) in [4.78, 5) is 15.7. The van der Waals surface area contributed by atoms with Gasteiger partial charge in [-0.2, -0.15) is 0 Å². The average Bonchev–Trinajstić information content (AvgIpc) is 2.66. The maximum atomic E-state index is 11.1. The van der Waals surface area contributed by atoms with Crippen molar-refractivity contribution in [3.8, 4) is 5.75 Å². The third-order valence-electron chi connectivity index (χ3n) is 4.28. The van der Waals surface area contributed by atoms with Crippen molar-refractivity contribution in [2.75, 3.05) is 6.54 Å². The van der Waals surface area contributed by atoms with Crippen LogP contribution in [-0.2, 0) is 6.42 Å². The van der Waals surface area contributed by atoms with E-state index in [2.05, 4.69) is 15.3 Å². The van der Waals surface area contributed by atoms with E-state index in [1.54, 1.807) is 6.07 Å². The lowest BCUT2D eigenvalue weighted by atomic mass is 10.0. The summed E-state index contributed by atoms with van der Waals surface area (Å²) in [5.41, 5.74) is 3.06. The molecular formula is C21H22N4O2. The zero-order chi connectivity index (χ0) is 19.3. The van der Waals surface area contributed by atoms with Crippen LogP contribution in [0.2, 0.25) is 0 Å². The molecule has 27 heavy (non-hydrogen) atoms. The molecular weight excluding hydrogens is 340 g/mol. The molecule has 2 aromatic rings. The van der Waals surface area contributed by atoms with E-state index in [9.17, 15) is 4.79 Å². The Bertz CT molecular complexity index is 930. The fourth-order valence-electron chi connectivity index (χ4n) is 2.91. The van der Waals surface area contributed by atoms with Gasteiger partial charge in [0.2, 0.25) is 0 Å². The summed E-state index contributed by atoms with van der Waals surface area (Å²) in [5, 5.41) is 7.36. The molecule has 6 heteroatoms. The van der Waals surface area contributed by atoms with Crippen molar-refractivity contribution in [3.63, 3.8) is 0 Å². The molecule has 0 radical (unpaired) electrons. The van der Waals surface area contributed by atoms with Gasteiger partial charge in [0.05, 0.1) is 0 Å². The Morgan fingerprint density at radius 2 is 2.04 bits per heavy atom. The molecule has 0 saturated carbocycles. The molecule has 0 amide bonds. The molecule has 6 nitrogen and oxygen atoms in total. The van der Waals surface area contributed by atoms with Gasteiger partial charge in [-0.1, -0.05) is 35.6 Å². The SMILES string of the molecule is CC1(C)C=Cc2cc(C(N=NN)=NCCc3ccccc3C=O)ccc2O1. The lowest BCUT2D eigenvalue weighted by Crippen LogP contribution is -2.27. The molecule has 1 aliphatic rings. The van der Waals surface area contributed by atoms with Crippen LogP contribution in [0, 0.1) is 0 Å². The number of carbonyl (C=O) groups excluding carboxylic acids is 1. The number of nitrogens with two attached hydrogens (primary N) is 1. The molecule has 0 atom stereocenters. The molecule has 0 spiro atoms. The van der Waals surface area contributed by atoms with E-state index < -0.39 is 0 Å². The highest BCUT2D eigenvalue weighted by molar-refractivity contribution is 6.00. The quantitative estimate of drug-likeness (QED) is 0.218. The summed E-state index contributed by atoms with van der Waals surface area (Å²) < 4.78 is 5.94. The predicted molar refractivity (Wildman–Crippen MR) is 106 cm³/mol. The highest BCUT2D eigenvalue weighted by Gasteiger charge is 2.22. The van der Waals surface area contributed by atoms with Gasteiger partial charge < -0.3 is 10.6 Å². The van der Waals surface area contributed by atoms with E-state index in [1.807, 2.05) is 62.4 Å². The van der Waals surface area contributed by atoms with Gasteiger partial charge in [0.25, 0.3) is 0 Å². The number of aldehydes is 1. The number of amidine groups is 1. The molecule has 0 aliphatic carbocycles. The highest BCUT2D eigenvalue weighted by Crippen LogP contribution is 2.31. The van der Waals surface area contributed by atoms with Crippen LogP contribution in [0.1, 0.15) is 40.9 Å². The van der Waals surface area contributed by atoms with Gasteiger partial charge in [0.1, 0.15) is 17.6 Å². The Labute approximate surface area is 158 Å². The van der Waals surface area contributed by atoms with Gasteiger partial charge in [-0.3, -0.25) is 9.79 Å². The van der Waals surface area contributed by atoms with Gasteiger partial charge in [-0.15, -0.1) is 5.11 Å². The fourth-order valence-corrected chi connectivity index (χ4v) is 2.91. The molecule has 0 unspecified atom stereocenters. The van der Waals surface area contributed by atoms with Crippen molar-refractivity contribution in [1.29, 1.82) is 0 Å². The van der Waals surface area contributed by atoms with E-state index in [0.717, 1.165) is 28.7 Å². The minimum absolute atomic E-state index is 0.325. The minimum Gasteiger partial charge on any atom is -0.483 e. The number of hydrogen-bond acceptors (Lipinski definition) is 4. The normalized spacial score (nSPS) is 15.4. The van der Waals surface area contributed by atoms with Crippen LogP contribution in [0.15, 0.2) is 63.9 Å². The maximum Gasteiger partial charge on any atom is 0.178 e. The smallest absolute Gasteiger partial charge is 0.178 e. The highest BCUT2D eigenvalue weighted by atomic mass is 16.5. The first-order valence-electron chi connectivity index (χ1n) is 8.73. The molecule has 3 rings (SSSR count). The number of ether oxygens (including phenoxy) is 1. The Morgan fingerprint density at radius 3 is 2.81 bits per heavy atom. The van der Waals surface area contributed by atoms with Gasteiger partial charge in [0, 0.05) is 23.2 Å². The number of fused-ring (bicyclic) bond motifs is 1. The molecule has 138 valence electrons. The monoisotopic (exact) mass is 362 g/mol. The largest absolute Gasteiger partial charge is 0.483 e. The van der Waals surface area contributed by atoms with Crippen molar-refractivity contribution in [3.05, 3.63) is 70.8 Å². The van der Waals surface area contributed by atoms with Crippen LogP contribution in [0.25, 0.3) is 6.08 Å². The number of aliphatic imine (C=N–C) groups is 1. The third kappa shape index (κ3) is 4.47. The first-order chi connectivity index (χ1) is 13.0. The number of nitrogens with zero attached hydrogens (tertiary/aromatic N) is 3. The van der Waals surface area contributed by atoms with Crippen molar-refractivity contribution in [2.45, 2.75) is 25.9 Å². The van der Waals surface area contributed by atoms with Crippen LogP contribution in [-0.4, -0.2) is 24.3 Å². The molecule has 2 aromatic carbocycles. The van der Waals surface area contributed by atoms with Crippen molar-refractivity contribution in [2.24, 2.45) is 21.2 Å². The fraction of sp³-hybridized carbons (Fsp3) is 0.238. The Hall–Kier alpha value is -3.28. The predicted octanol–water partition coefficient (Wildman–Crippen LogP) is 4.00. The van der Waals surface area contributed by atoms with Crippen LogP contribution in [0.4, 0.5) is 0 Å². The van der Waals surface area contributed by atoms with Gasteiger partial charge in [0.15, 0.2) is 5.84 Å². The summed E-state index contributed by atoms with van der Waals surface area (Å²) in [6, 6.07) is 13.2. The van der Waals surface area contributed by atoms with Gasteiger partial charge >= 0.3 is 0 Å². The first kappa shape index (κ1) is 18.5. The van der Waals surface area contributed by atoms with E-state index in [4.69, 9.17) is 10.6 Å². The molecule has 0 aromatic heterocycles. The number of benzene rings is 2. The standard InChI is InChI=1S/C21H22N4O2/c1-21(2)11-9-16-13-17(7-8-19(16)27-21)20(24-25-22)23-12-10-15-5-3-4-6-18(15)14-26/h3-9,11,13-14H,10,12H2,1-2H3,(H2,22,23,24). The lowest BCUT2D eigenvalue weighted by molar-refractivity contribution is 0.112. The zero-order valence-electron chi connectivity index (χ0n) is 15.4. The Morgan fingerprint density at radius 1 is 1.22 bits per heavy atom. The van der Waals surface area contributed by atoms with E-state index in [0.29, 0.717) is 24.4 Å². The Balaban J connectivity index is 1.81. The van der Waals surface area contributed by atoms with Crippen LogP contribution in [0.3, 0.4) is 0 Å². The minimum atomic E-state index is -0.325. The number of rotatable bonds is 5. The second-order valence-electron chi connectivity index (χ2n) is 6.78. The lowest BCUT2D eigenvalue weighted by Gasteiger charge is -2.27. The maximum absolute atomic E-state index is 11.1. The Kier molecular flexibility index (Phi) is 5.45. The molecule has 0 fully saturated rings. The molecule has 0 saturated heterocycles. The van der Waals surface area contributed by atoms with Gasteiger partial charge in [-0.25, -0.2) is 0 Å². The van der Waals surface area contributed by atoms with E-state index in [1.165, 1.54) is 0 Å². The molecule has 0 bridgehead atoms. The summed E-state index contributed by atoms with van der Waals surface area (Å²) in [6.45, 7) is 4.48. The van der Waals surface area contributed by atoms with E-state index in [-0.39, 0.29) is 5.60 Å². The molecule has 2 N–H and O–H groups in total. The average molecular weight is 362 g/mol. The van der Waals surface area contributed by atoms with Gasteiger partial charge in [-0.05, 0) is 50.1 Å². The van der Waals surface area contributed by atoms with Crippen molar-refractivity contribution >= 4 is 18.2 Å². The molecule has 1 aliphatic heterocycles. The summed E-state index contributed by atoms with van der Waals surface area (Å²) in [6.07, 6.45) is 5.52. The van der Waals surface area contributed by atoms with Crippen molar-refractivity contribution in [1.82, 2.24) is 0 Å². The number of hydrogen-bond donors (Lipinski definition) is 1. The first-order valence-corrected chi connectivity index (χ1v) is 8.73. The van der Waals surface area contributed by atoms with Crippen LogP contribution >= 0.6 is 0 Å². The molecule has 1 heterocycles. The number of carbonyl (C=O) groups is 1. The summed E-state index contributed by atoms with van der Waals surface area (Å²) in [7, 11) is 0. The third-order valence-corrected chi connectivity index (χ3v) is 4.28. The summed E-state index contributed by atoms with van der Waals surface area (Å²) in [5.74, 6) is 6.52. The van der Waals surface area contributed by atoms with Crippen LogP contribution < -0.4 is 10.6 Å². The second kappa shape index (κ2) is 7.95. The zero-order valence-corrected chi connectivity index (χ0v) is 15.4. The summed E-state index contributed by atoms with van der Waals surface area (Å²) >= 11 is 0. The van der Waals surface area contributed by atoms with Crippen LogP contribution in [0.5, 0.6) is 5.75 Å². The topological polar surface area (TPSA) is 89.4 Å². The van der Waals surface area contributed by atoms with E-state index >= 15 is 0 Å². The second-order valence-corrected chi connectivity index (χ2v) is 6.78.